The molecular formula is C25H19N5O5S3. The van der Waals surface area contributed by atoms with Gasteiger partial charge in [0.05, 0.1) is 32.2 Å². The monoisotopic (exact) mass is 565 g/mol. The Morgan fingerprint density at radius 3 is 2.74 bits per heavy atom. The number of esters is 1. The number of benzene rings is 1. The minimum atomic E-state index is -0.675. The molecule has 10 nitrogen and oxygen atoms in total. The lowest BCUT2D eigenvalue weighted by Crippen LogP contribution is -2.39. The topological polar surface area (TPSA) is 130 Å². The van der Waals surface area contributed by atoms with Crippen molar-refractivity contribution >= 4 is 52.2 Å². The number of carbonyl (C=O) groups excluding carboxylic acids is 1. The molecule has 1 aliphatic heterocycles. The van der Waals surface area contributed by atoms with Crippen molar-refractivity contribution in [1.29, 1.82) is 0 Å². The molecule has 3 aromatic heterocycles. The fourth-order valence-corrected chi connectivity index (χ4v) is 6.62. The maximum Gasteiger partial charge on any atom is 0.338 e. The Balaban J connectivity index is 1.61. The van der Waals surface area contributed by atoms with E-state index in [9.17, 15) is 19.7 Å². The van der Waals surface area contributed by atoms with Crippen molar-refractivity contribution < 1.29 is 14.5 Å². The quantitative estimate of drug-likeness (QED) is 0.144. The van der Waals surface area contributed by atoms with Crippen molar-refractivity contribution in [2.75, 3.05) is 6.61 Å². The smallest absolute Gasteiger partial charge is 0.338 e. The lowest BCUT2D eigenvalue weighted by molar-refractivity contribution is -0.387. The van der Waals surface area contributed by atoms with Crippen LogP contribution in [0.15, 0.2) is 85.3 Å². The highest BCUT2D eigenvalue weighted by molar-refractivity contribution is 7.99. The van der Waals surface area contributed by atoms with E-state index in [1.54, 1.807) is 50.5 Å². The molecular weight excluding hydrogens is 547 g/mol. The Kier molecular flexibility index (Phi) is 7.31. The fourth-order valence-electron chi connectivity index (χ4n) is 3.95. The molecule has 192 valence electrons. The number of thiazole rings is 1. The molecule has 0 bridgehead atoms. The van der Waals surface area contributed by atoms with Gasteiger partial charge in [-0.15, -0.1) is 11.3 Å². The molecule has 0 saturated carbocycles. The average molecular weight is 566 g/mol. The summed E-state index contributed by atoms with van der Waals surface area (Å²) >= 11 is 3.67. The highest BCUT2D eigenvalue weighted by atomic mass is 32.2. The van der Waals surface area contributed by atoms with E-state index in [1.807, 2.05) is 17.5 Å². The molecule has 0 amide bonds. The number of fused-ring (bicyclic) bond motifs is 1. The molecule has 0 radical (unpaired) electrons. The van der Waals surface area contributed by atoms with E-state index < -0.39 is 16.9 Å². The van der Waals surface area contributed by atoms with Crippen LogP contribution in [-0.4, -0.2) is 32.0 Å². The number of hydrogen-bond donors (Lipinski definition) is 0. The van der Waals surface area contributed by atoms with Gasteiger partial charge in [0.1, 0.15) is 6.04 Å². The van der Waals surface area contributed by atoms with Crippen molar-refractivity contribution in [3.8, 4) is 0 Å². The summed E-state index contributed by atoms with van der Waals surface area (Å²) in [6.45, 7) is 3.64. The van der Waals surface area contributed by atoms with Crippen molar-refractivity contribution in [1.82, 2.24) is 14.5 Å². The van der Waals surface area contributed by atoms with E-state index >= 15 is 0 Å². The second-order valence-corrected chi connectivity index (χ2v) is 10.9. The second kappa shape index (κ2) is 10.8. The summed E-state index contributed by atoms with van der Waals surface area (Å²) in [7, 11) is 0. The summed E-state index contributed by atoms with van der Waals surface area (Å²) in [6, 6.07) is 9.43. The molecule has 0 fully saturated rings. The van der Waals surface area contributed by atoms with Crippen LogP contribution in [0.2, 0.25) is 0 Å². The highest BCUT2D eigenvalue weighted by Gasteiger charge is 2.33. The van der Waals surface area contributed by atoms with Gasteiger partial charge < -0.3 is 4.74 Å². The van der Waals surface area contributed by atoms with E-state index in [-0.39, 0.29) is 17.9 Å². The molecule has 1 aliphatic rings. The molecule has 0 saturated heterocycles. The number of thiophene rings is 1. The zero-order valence-corrected chi connectivity index (χ0v) is 22.5. The van der Waals surface area contributed by atoms with Crippen molar-refractivity contribution in [3.05, 3.63) is 106 Å². The van der Waals surface area contributed by atoms with E-state index in [0.717, 1.165) is 28.0 Å². The van der Waals surface area contributed by atoms with Crippen LogP contribution in [0, 0.1) is 10.1 Å². The van der Waals surface area contributed by atoms with E-state index in [0.29, 0.717) is 36.2 Å². The minimum absolute atomic E-state index is 0.124. The van der Waals surface area contributed by atoms with Gasteiger partial charge in [-0.2, -0.15) is 0 Å². The molecule has 0 aliphatic carbocycles. The second-order valence-electron chi connectivity index (χ2n) is 7.94. The van der Waals surface area contributed by atoms with Gasteiger partial charge in [0.25, 0.3) is 11.2 Å². The molecule has 13 heteroatoms. The van der Waals surface area contributed by atoms with E-state index in [1.165, 1.54) is 22.0 Å². The number of rotatable bonds is 7. The van der Waals surface area contributed by atoms with Crippen molar-refractivity contribution in [2.45, 2.75) is 29.9 Å². The minimum Gasteiger partial charge on any atom is -0.463 e. The third kappa shape index (κ3) is 4.95. The normalized spacial score (nSPS) is 15.2. The van der Waals surface area contributed by atoms with Crippen molar-refractivity contribution in [2.24, 2.45) is 4.99 Å². The standard InChI is InChI=1S/C25H19N5O5S3/c1-3-35-23(32)20-14(2)28-25-29(21(20)18-6-4-11-36-18)22(31)19(38-25)13-15-7-8-17(16(12-15)30(33)34)37-24-26-9-5-10-27-24/h4-13,21H,3H2,1-2H3/b19-13+/t21-/m1/s1. The summed E-state index contributed by atoms with van der Waals surface area (Å²) in [6.07, 6.45) is 4.72. The molecule has 4 heterocycles. The Bertz CT molecular complexity index is 1740. The Hall–Kier alpha value is -3.94. The van der Waals surface area contributed by atoms with Crippen LogP contribution in [0.4, 0.5) is 5.69 Å². The van der Waals surface area contributed by atoms with Crippen LogP contribution >= 0.6 is 34.4 Å². The predicted molar refractivity (Wildman–Crippen MR) is 144 cm³/mol. The summed E-state index contributed by atoms with van der Waals surface area (Å²) in [5.74, 6) is -0.521. The van der Waals surface area contributed by atoms with Gasteiger partial charge >= 0.3 is 5.97 Å². The van der Waals surface area contributed by atoms with E-state index in [4.69, 9.17) is 4.74 Å². The maximum atomic E-state index is 13.6. The number of aromatic nitrogens is 3. The van der Waals surface area contributed by atoms with Gasteiger partial charge in [-0.05, 0) is 60.8 Å². The zero-order valence-electron chi connectivity index (χ0n) is 20.1. The third-order valence-corrected chi connectivity index (χ3v) is 8.42. The number of hydrogen-bond acceptors (Lipinski definition) is 11. The maximum absolute atomic E-state index is 13.6. The van der Waals surface area contributed by atoms with E-state index in [2.05, 4.69) is 15.0 Å². The SMILES string of the molecule is CCOC(=O)C1=C(C)N=c2s/c(=C/c3ccc(Sc4ncccn4)c([N+](=O)[O-])c3)c(=O)n2[C@@H]1c1cccs1. The zero-order chi connectivity index (χ0) is 26.8. The number of carbonyl (C=O) groups is 1. The van der Waals surface area contributed by atoms with Gasteiger partial charge in [0.2, 0.25) is 0 Å². The van der Waals surface area contributed by atoms with Crippen LogP contribution in [0.5, 0.6) is 0 Å². The van der Waals surface area contributed by atoms with Crippen LogP contribution < -0.4 is 14.9 Å². The lowest BCUT2D eigenvalue weighted by Gasteiger charge is -2.23. The molecule has 1 atom stereocenters. The Labute approximate surface area is 227 Å². The molecule has 5 rings (SSSR count). The van der Waals surface area contributed by atoms with Crippen LogP contribution in [-0.2, 0) is 9.53 Å². The number of allylic oxidation sites excluding steroid dienone is 1. The summed E-state index contributed by atoms with van der Waals surface area (Å²) in [5.41, 5.74) is 0.804. The van der Waals surface area contributed by atoms with Gasteiger partial charge in [-0.1, -0.05) is 23.5 Å². The Morgan fingerprint density at radius 1 is 1.26 bits per heavy atom. The van der Waals surface area contributed by atoms with Crippen molar-refractivity contribution in [3.63, 3.8) is 0 Å². The van der Waals surface area contributed by atoms with Crippen LogP contribution in [0.25, 0.3) is 6.08 Å². The van der Waals surface area contributed by atoms with Gasteiger partial charge in [0, 0.05) is 23.3 Å². The predicted octanol–water partition coefficient (Wildman–Crippen LogP) is 3.71. The van der Waals surface area contributed by atoms with Crippen LogP contribution in [0.3, 0.4) is 0 Å². The molecule has 1 aromatic carbocycles. The molecule has 0 unspecified atom stereocenters. The number of nitrogens with zero attached hydrogens (tertiary/aromatic N) is 5. The lowest BCUT2D eigenvalue weighted by atomic mass is 10.0. The number of nitro groups is 1. The fraction of sp³-hybridized carbons (Fsp3) is 0.160. The molecule has 38 heavy (non-hydrogen) atoms. The summed E-state index contributed by atoms with van der Waals surface area (Å²) < 4.78 is 7.11. The Morgan fingerprint density at radius 2 is 2.05 bits per heavy atom. The van der Waals surface area contributed by atoms with Gasteiger partial charge in [-0.3, -0.25) is 19.5 Å². The first-order valence-corrected chi connectivity index (χ1v) is 13.8. The first kappa shape index (κ1) is 25.7. The molecule has 0 spiro atoms. The average Bonchev–Trinajstić information content (AvgIpc) is 3.53. The number of nitro benzene ring substituents is 1. The largest absolute Gasteiger partial charge is 0.463 e. The molecule has 4 aromatic rings. The number of ether oxygens (including phenoxy) is 1. The van der Waals surface area contributed by atoms with Gasteiger partial charge in [-0.25, -0.2) is 19.8 Å². The van der Waals surface area contributed by atoms with Crippen LogP contribution in [0.1, 0.15) is 30.3 Å². The first-order valence-electron chi connectivity index (χ1n) is 11.3. The molecule has 0 N–H and O–H groups in total. The third-order valence-electron chi connectivity index (χ3n) is 5.55. The van der Waals surface area contributed by atoms with Gasteiger partial charge in [0.15, 0.2) is 9.96 Å². The first-order chi connectivity index (χ1) is 18.4. The summed E-state index contributed by atoms with van der Waals surface area (Å²) in [4.78, 5) is 52.2. The summed E-state index contributed by atoms with van der Waals surface area (Å²) in [5, 5.41) is 14.1. The highest BCUT2D eigenvalue weighted by Crippen LogP contribution is 2.34.